The summed E-state index contributed by atoms with van der Waals surface area (Å²) in [6.45, 7) is -0.104. The van der Waals surface area contributed by atoms with Crippen molar-refractivity contribution in [3.63, 3.8) is 0 Å². The lowest BCUT2D eigenvalue weighted by atomic mass is 9.87. The van der Waals surface area contributed by atoms with Gasteiger partial charge in [-0.2, -0.15) is 17.4 Å². The Hall–Kier alpha value is -2.67. The van der Waals surface area contributed by atoms with Crippen LogP contribution in [0.5, 0.6) is 0 Å². The van der Waals surface area contributed by atoms with Crippen LogP contribution < -0.4 is 14.9 Å². The molecule has 1 atom stereocenters. The minimum atomic E-state index is -3.90. The highest BCUT2D eigenvalue weighted by Crippen LogP contribution is 2.39. The number of amides is 2. The van der Waals surface area contributed by atoms with E-state index in [1.165, 1.54) is 24.3 Å². The Morgan fingerprint density at radius 3 is 2.43 bits per heavy atom. The van der Waals surface area contributed by atoms with Gasteiger partial charge in [-0.15, -0.1) is 0 Å². The van der Waals surface area contributed by atoms with Crippen molar-refractivity contribution >= 4 is 39.3 Å². The molecule has 0 radical (unpaired) electrons. The second-order valence-electron chi connectivity index (χ2n) is 8.36. The number of anilines is 1. The SMILES string of the molecule is O=C(NC1CC(F)(F)C1)[C@@H](c1ccccc1Cl)N(C(=O)CNS(=O)(=O)N1CC1)c1cccc(F)c1. The lowest BCUT2D eigenvalue weighted by Gasteiger charge is -2.38. The molecule has 188 valence electrons. The molecular weight excluding hydrogens is 509 g/mol. The number of halogens is 4. The Balaban J connectivity index is 1.70. The number of benzene rings is 2. The number of alkyl halides is 2. The highest BCUT2D eigenvalue weighted by atomic mass is 35.5. The molecule has 2 fully saturated rings. The van der Waals surface area contributed by atoms with Gasteiger partial charge < -0.3 is 5.32 Å². The van der Waals surface area contributed by atoms with E-state index in [9.17, 15) is 31.2 Å². The second-order valence-corrected chi connectivity index (χ2v) is 10.5. The zero-order chi connectivity index (χ0) is 25.4. The van der Waals surface area contributed by atoms with Gasteiger partial charge in [-0.3, -0.25) is 14.5 Å². The Morgan fingerprint density at radius 2 is 1.83 bits per heavy atom. The molecule has 1 aliphatic carbocycles. The van der Waals surface area contributed by atoms with Crippen molar-refractivity contribution in [1.29, 1.82) is 0 Å². The summed E-state index contributed by atoms with van der Waals surface area (Å²) in [5, 5.41) is 2.61. The highest BCUT2D eigenvalue weighted by molar-refractivity contribution is 7.87. The monoisotopic (exact) mass is 530 g/mol. The van der Waals surface area contributed by atoms with Crippen molar-refractivity contribution < 1.29 is 31.2 Å². The average Bonchev–Trinajstić information content (AvgIpc) is 3.61. The van der Waals surface area contributed by atoms with E-state index in [1.54, 1.807) is 12.1 Å². The molecule has 0 spiro atoms. The molecular formula is C22H22ClF3N4O4S. The fourth-order valence-electron chi connectivity index (χ4n) is 3.81. The molecule has 2 amide bonds. The zero-order valence-electron chi connectivity index (χ0n) is 18.3. The van der Waals surface area contributed by atoms with Crippen LogP contribution in [-0.2, 0) is 19.8 Å². The van der Waals surface area contributed by atoms with E-state index in [0.717, 1.165) is 21.3 Å². The van der Waals surface area contributed by atoms with Crippen LogP contribution in [0.1, 0.15) is 24.4 Å². The molecule has 8 nitrogen and oxygen atoms in total. The van der Waals surface area contributed by atoms with Gasteiger partial charge in [-0.05, 0) is 24.3 Å². The van der Waals surface area contributed by atoms with Gasteiger partial charge in [-0.1, -0.05) is 35.9 Å². The summed E-state index contributed by atoms with van der Waals surface area (Å²) in [5.74, 6) is -5.29. The Bertz CT molecular complexity index is 1230. The number of nitrogens with zero attached hydrogens (tertiary/aromatic N) is 2. The summed E-state index contributed by atoms with van der Waals surface area (Å²) in [4.78, 5) is 27.7. The fourth-order valence-corrected chi connectivity index (χ4v) is 5.10. The van der Waals surface area contributed by atoms with E-state index in [0.29, 0.717) is 13.1 Å². The summed E-state index contributed by atoms with van der Waals surface area (Å²) in [6, 6.07) is 8.63. The third-order valence-electron chi connectivity index (χ3n) is 5.65. The number of hydrogen-bond acceptors (Lipinski definition) is 4. The van der Waals surface area contributed by atoms with Gasteiger partial charge in [0.15, 0.2) is 0 Å². The summed E-state index contributed by atoms with van der Waals surface area (Å²) in [6.07, 6.45) is -1.12. The number of hydrogen-bond donors (Lipinski definition) is 2. The van der Waals surface area contributed by atoms with Gasteiger partial charge in [0.2, 0.25) is 11.8 Å². The molecule has 4 rings (SSSR count). The van der Waals surface area contributed by atoms with Crippen LogP contribution in [0.2, 0.25) is 5.02 Å². The lowest BCUT2D eigenvalue weighted by Crippen LogP contribution is -2.54. The van der Waals surface area contributed by atoms with Crippen LogP contribution in [-0.4, -0.2) is 56.1 Å². The molecule has 1 saturated heterocycles. The normalized spacial score (nSPS) is 18.4. The molecule has 1 heterocycles. The average molecular weight is 531 g/mol. The zero-order valence-corrected chi connectivity index (χ0v) is 19.8. The van der Waals surface area contributed by atoms with Crippen molar-refractivity contribution in [2.45, 2.75) is 30.8 Å². The Kier molecular flexibility index (Phi) is 7.09. The topological polar surface area (TPSA) is 98.6 Å². The van der Waals surface area contributed by atoms with Crippen LogP contribution >= 0.6 is 11.6 Å². The first-order valence-electron chi connectivity index (χ1n) is 10.7. The van der Waals surface area contributed by atoms with Crippen molar-refractivity contribution in [3.05, 3.63) is 64.9 Å². The molecule has 2 aromatic carbocycles. The van der Waals surface area contributed by atoms with Crippen LogP contribution in [0.4, 0.5) is 18.9 Å². The maximum Gasteiger partial charge on any atom is 0.280 e. The van der Waals surface area contributed by atoms with Gasteiger partial charge >= 0.3 is 0 Å². The first-order chi connectivity index (χ1) is 16.5. The van der Waals surface area contributed by atoms with Crippen LogP contribution in [0.25, 0.3) is 0 Å². The second kappa shape index (κ2) is 9.76. The van der Waals surface area contributed by atoms with Gasteiger partial charge in [0.25, 0.3) is 16.1 Å². The van der Waals surface area contributed by atoms with E-state index in [-0.39, 0.29) is 16.3 Å². The van der Waals surface area contributed by atoms with Gasteiger partial charge in [0.05, 0.1) is 6.54 Å². The molecule has 2 N–H and O–H groups in total. The number of carbonyl (C=O) groups excluding carboxylic acids is 2. The first kappa shape index (κ1) is 25.4. The summed E-state index contributed by atoms with van der Waals surface area (Å²) in [7, 11) is -3.90. The van der Waals surface area contributed by atoms with Gasteiger partial charge in [0.1, 0.15) is 11.9 Å². The smallest absolute Gasteiger partial charge is 0.280 e. The maximum atomic E-state index is 14.1. The molecule has 0 bridgehead atoms. The summed E-state index contributed by atoms with van der Waals surface area (Å²) in [5.41, 5.74) is 0.115. The predicted octanol–water partition coefficient (Wildman–Crippen LogP) is 2.62. The lowest BCUT2D eigenvalue weighted by molar-refractivity contribution is -0.132. The van der Waals surface area contributed by atoms with E-state index < -0.39 is 65.2 Å². The molecule has 2 aliphatic rings. The highest BCUT2D eigenvalue weighted by Gasteiger charge is 2.47. The van der Waals surface area contributed by atoms with Crippen LogP contribution in [0.3, 0.4) is 0 Å². The summed E-state index contributed by atoms with van der Waals surface area (Å²) >= 11 is 6.33. The molecule has 1 saturated carbocycles. The molecule has 13 heteroatoms. The minimum Gasteiger partial charge on any atom is -0.351 e. The predicted molar refractivity (Wildman–Crippen MR) is 123 cm³/mol. The number of nitrogens with one attached hydrogen (secondary N) is 2. The molecule has 0 aromatic heterocycles. The molecule has 2 aromatic rings. The maximum absolute atomic E-state index is 14.1. The first-order valence-corrected chi connectivity index (χ1v) is 12.5. The Morgan fingerprint density at radius 1 is 1.14 bits per heavy atom. The third-order valence-corrected chi connectivity index (χ3v) is 7.55. The standard InChI is InChI=1S/C22H22ClF3N4O4S/c23-18-7-2-1-6-17(18)20(21(32)28-15-11-22(25,26)12-15)30(16-5-3-4-14(24)10-16)19(31)13-27-35(33,34)29-8-9-29/h1-7,10,15,20,27H,8-9,11-13H2,(H,28,32)/t20-/m1/s1. The van der Waals surface area contributed by atoms with Crippen molar-refractivity contribution in [3.8, 4) is 0 Å². The molecule has 35 heavy (non-hydrogen) atoms. The van der Waals surface area contributed by atoms with E-state index in [1.807, 2.05) is 0 Å². The van der Waals surface area contributed by atoms with Crippen molar-refractivity contribution in [2.75, 3.05) is 24.5 Å². The van der Waals surface area contributed by atoms with E-state index in [2.05, 4.69) is 10.0 Å². The van der Waals surface area contributed by atoms with Crippen molar-refractivity contribution in [1.82, 2.24) is 14.3 Å². The minimum absolute atomic E-state index is 0.0417. The van der Waals surface area contributed by atoms with E-state index >= 15 is 0 Å². The summed E-state index contributed by atoms with van der Waals surface area (Å²) < 4.78 is 68.5. The Labute approximate surface area is 205 Å². The van der Waals surface area contributed by atoms with Gasteiger partial charge in [-0.25, -0.2) is 13.2 Å². The third kappa shape index (κ3) is 5.95. The number of rotatable bonds is 9. The van der Waals surface area contributed by atoms with Crippen molar-refractivity contribution in [2.24, 2.45) is 0 Å². The van der Waals surface area contributed by atoms with Crippen LogP contribution in [0, 0.1) is 5.82 Å². The quantitative estimate of drug-likeness (QED) is 0.487. The molecule has 1 aliphatic heterocycles. The number of carbonyl (C=O) groups is 2. The molecule has 0 unspecified atom stereocenters. The van der Waals surface area contributed by atoms with Gasteiger partial charge in [0, 0.05) is 48.2 Å². The fraction of sp³-hybridized carbons (Fsp3) is 0.364. The largest absolute Gasteiger partial charge is 0.351 e. The van der Waals surface area contributed by atoms with E-state index in [4.69, 9.17) is 11.6 Å². The van der Waals surface area contributed by atoms with Crippen LogP contribution in [0.15, 0.2) is 48.5 Å².